The molecule has 2 aromatic carbocycles. The summed E-state index contributed by atoms with van der Waals surface area (Å²) < 4.78 is 28.1. The first-order valence-electron chi connectivity index (χ1n) is 8.31. The molecule has 3 rings (SSSR count). The van der Waals surface area contributed by atoms with Crippen molar-refractivity contribution < 1.29 is 13.6 Å². The van der Waals surface area contributed by atoms with Gasteiger partial charge in [-0.25, -0.2) is 8.78 Å². The quantitative estimate of drug-likeness (QED) is 0.734. The maximum atomic E-state index is 13.2. The number of rotatable bonds is 6. The molecule has 0 fully saturated rings. The number of carbonyl (C=O) groups is 1. The number of halogens is 2. The number of amides is 1. The number of carbonyl (C=O) groups excluding carboxylic acids is 1. The van der Waals surface area contributed by atoms with Gasteiger partial charge in [-0.2, -0.15) is 5.10 Å². The van der Waals surface area contributed by atoms with Crippen LogP contribution in [0.3, 0.4) is 0 Å². The number of aromatic nitrogens is 2. The number of hydrogen-bond donors (Lipinski definition) is 1. The van der Waals surface area contributed by atoms with E-state index in [4.69, 9.17) is 0 Å². The SMILES string of the molecule is Cn1cc(CCC(=O)NCc2cc(F)cc(F)c2)c(-c2ccccc2)n1. The number of aryl methyl sites for hydroxylation is 2. The van der Waals surface area contributed by atoms with Crippen LogP contribution in [0.4, 0.5) is 8.78 Å². The zero-order valence-corrected chi connectivity index (χ0v) is 14.4. The lowest BCUT2D eigenvalue weighted by atomic mass is 10.0. The van der Waals surface area contributed by atoms with Crippen molar-refractivity contribution in [3.05, 3.63) is 77.5 Å². The van der Waals surface area contributed by atoms with Gasteiger partial charge in [-0.05, 0) is 29.7 Å². The van der Waals surface area contributed by atoms with E-state index in [9.17, 15) is 13.6 Å². The van der Waals surface area contributed by atoms with Crippen molar-refractivity contribution >= 4 is 5.91 Å². The Morgan fingerprint density at radius 3 is 2.50 bits per heavy atom. The molecule has 0 spiro atoms. The van der Waals surface area contributed by atoms with E-state index in [-0.39, 0.29) is 18.9 Å². The molecule has 0 saturated heterocycles. The van der Waals surface area contributed by atoms with Gasteiger partial charge in [0.15, 0.2) is 0 Å². The van der Waals surface area contributed by atoms with E-state index >= 15 is 0 Å². The van der Waals surface area contributed by atoms with Gasteiger partial charge in [0, 0.05) is 37.8 Å². The van der Waals surface area contributed by atoms with Gasteiger partial charge in [-0.3, -0.25) is 9.48 Å². The number of nitrogens with zero attached hydrogens (tertiary/aromatic N) is 2. The van der Waals surface area contributed by atoms with Gasteiger partial charge in [0.1, 0.15) is 11.6 Å². The third-order valence-corrected chi connectivity index (χ3v) is 3.99. The van der Waals surface area contributed by atoms with Crippen LogP contribution >= 0.6 is 0 Å². The van der Waals surface area contributed by atoms with Crippen LogP contribution in [0.2, 0.25) is 0 Å². The molecule has 1 amide bonds. The Morgan fingerprint density at radius 2 is 1.81 bits per heavy atom. The summed E-state index contributed by atoms with van der Waals surface area (Å²) in [4.78, 5) is 12.1. The molecule has 0 aliphatic rings. The molecular formula is C20H19F2N3O. The molecule has 6 heteroatoms. The molecule has 0 bridgehead atoms. The van der Waals surface area contributed by atoms with Crippen molar-refractivity contribution in [2.75, 3.05) is 0 Å². The molecule has 0 aliphatic carbocycles. The van der Waals surface area contributed by atoms with Gasteiger partial charge < -0.3 is 5.32 Å². The van der Waals surface area contributed by atoms with Crippen LogP contribution in [0.25, 0.3) is 11.3 Å². The lowest BCUT2D eigenvalue weighted by Gasteiger charge is -2.06. The second-order valence-corrected chi connectivity index (χ2v) is 6.10. The first kappa shape index (κ1) is 17.8. The summed E-state index contributed by atoms with van der Waals surface area (Å²) in [5, 5.41) is 7.16. The molecule has 1 aromatic heterocycles. The number of benzene rings is 2. The Morgan fingerprint density at radius 1 is 1.12 bits per heavy atom. The molecule has 26 heavy (non-hydrogen) atoms. The fourth-order valence-electron chi connectivity index (χ4n) is 2.81. The lowest BCUT2D eigenvalue weighted by Crippen LogP contribution is -2.23. The van der Waals surface area contributed by atoms with Crippen LogP contribution < -0.4 is 5.32 Å². The second-order valence-electron chi connectivity index (χ2n) is 6.10. The maximum absolute atomic E-state index is 13.2. The maximum Gasteiger partial charge on any atom is 0.220 e. The molecule has 0 atom stereocenters. The number of hydrogen-bond acceptors (Lipinski definition) is 2. The monoisotopic (exact) mass is 355 g/mol. The fourth-order valence-corrected chi connectivity index (χ4v) is 2.81. The van der Waals surface area contributed by atoms with Crippen molar-refractivity contribution in [2.24, 2.45) is 7.05 Å². The minimum atomic E-state index is -0.655. The molecule has 3 aromatic rings. The van der Waals surface area contributed by atoms with E-state index in [0.29, 0.717) is 12.0 Å². The van der Waals surface area contributed by atoms with Gasteiger partial charge in [0.05, 0.1) is 5.69 Å². The molecule has 0 radical (unpaired) electrons. The smallest absolute Gasteiger partial charge is 0.220 e. The van der Waals surface area contributed by atoms with E-state index in [1.54, 1.807) is 4.68 Å². The van der Waals surface area contributed by atoms with E-state index in [1.165, 1.54) is 12.1 Å². The molecule has 4 nitrogen and oxygen atoms in total. The summed E-state index contributed by atoms with van der Waals surface area (Å²) in [6, 6.07) is 13.0. The molecule has 0 unspecified atom stereocenters. The van der Waals surface area contributed by atoms with Crippen molar-refractivity contribution in [3.8, 4) is 11.3 Å². The summed E-state index contributed by atoms with van der Waals surface area (Å²) in [5.74, 6) is -1.49. The molecule has 1 heterocycles. The van der Waals surface area contributed by atoms with Crippen LogP contribution in [-0.2, 0) is 24.8 Å². The zero-order chi connectivity index (χ0) is 18.5. The highest BCUT2D eigenvalue weighted by atomic mass is 19.1. The topological polar surface area (TPSA) is 46.9 Å². The molecule has 134 valence electrons. The third-order valence-electron chi connectivity index (χ3n) is 3.99. The lowest BCUT2D eigenvalue weighted by molar-refractivity contribution is -0.121. The van der Waals surface area contributed by atoms with Crippen LogP contribution in [0.15, 0.2) is 54.7 Å². The van der Waals surface area contributed by atoms with Crippen molar-refractivity contribution in [3.63, 3.8) is 0 Å². The van der Waals surface area contributed by atoms with Crippen molar-refractivity contribution in [2.45, 2.75) is 19.4 Å². The summed E-state index contributed by atoms with van der Waals surface area (Å²) >= 11 is 0. The highest BCUT2D eigenvalue weighted by Crippen LogP contribution is 2.22. The summed E-state index contributed by atoms with van der Waals surface area (Å²) in [6.07, 6.45) is 2.70. The Kier molecular flexibility index (Phi) is 5.41. The fraction of sp³-hybridized carbons (Fsp3) is 0.200. The number of nitrogens with one attached hydrogen (secondary N) is 1. The van der Waals surface area contributed by atoms with Crippen LogP contribution in [0.5, 0.6) is 0 Å². The van der Waals surface area contributed by atoms with E-state index < -0.39 is 11.6 Å². The zero-order valence-electron chi connectivity index (χ0n) is 14.4. The average Bonchev–Trinajstić information content (AvgIpc) is 2.99. The summed E-state index contributed by atoms with van der Waals surface area (Å²) in [7, 11) is 1.84. The molecule has 0 aliphatic heterocycles. The Hall–Kier alpha value is -3.02. The minimum absolute atomic E-state index is 0.0894. The van der Waals surface area contributed by atoms with Gasteiger partial charge in [-0.15, -0.1) is 0 Å². The predicted molar refractivity (Wildman–Crippen MR) is 95.2 cm³/mol. The van der Waals surface area contributed by atoms with Gasteiger partial charge in [0.2, 0.25) is 5.91 Å². The first-order chi connectivity index (χ1) is 12.5. The van der Waals surface area contributed by atoms with E-state index in [1.807, 2.05) is 43.6 Å². The first-order valence-corrected chi connectivity index (χ1v) is 8.31. The average molecular weight is 355 g/mol. The minimum Gasteiger partial charge on any atom is -0.352 e. The summed E-state index contributed by atoms with van der Waals surface area (Å²) in [6.45, 7) is 0.0894. The van der Waals surface area contributed by atoms with Gasteiger partial charge >= 0.3 is 0 Å². The standard InChI is InChI=1S/C20H19F2N3O/c1-25-13-16(20(24-25)15-5-3-2-4-6-15)7-8-19(26)23-12-14-9-17(21)11-18(22)10-14/h2-6,9-11,13H,7-8,12H2,1H3,(H,23,26). The van der Waals surface area contributed by atoms with Crippen molar-refractivity contribution in [1.82, 2.24) is 15.1 Å². The predicted octanol–water partition coefficient (Wildman–Crippen LogP) is 3.61. The molecular weight excluding hydrogens is 336 g/mol. The van der Waals surface area contributed by atoms with Crippen LogP contribution in [0, 0.1) is 11.6 Å². The third kappa shape index (κ3) is 4.53. The highest BCUT2D eigenvalue weighted by Gasteiger charge is 2.12. The van der Waals surface area contributed by atoms with Crippen LogP contribution in [-0.4, -0.2) is 15.7 Å². The molecule has 0 saturated carbocycles. The summed E-state index contributed by atoms with van der Waals surface area (Å²) in [5.41, 5.74) is 3.22. The van der Waals surface area contributed by atoms with E-state index in [0.717, 1.165) is 22.9 Å². The largest absolute Gasteiger partial charge is 0.352 e. The normalized spacial score (nSPS) is 10.7. The van der Waals surface area contributed by atoms with Crippen molar-refractivity contribution in [1.29, 1.82) is 0 Å². The van der Waals surface area contributed by atoms with Gasteiger partial charge in [-0.1, -0.05) is 30.3 Å². The van der Waals surface area contributed by atoms with Gasteiger partial charge in [0.25, 0.3) is 0 Å². The highest BCUT2D eigenvalue weighted by molar-refractivity contribution is 5.76. The Balaban J connectivity index is 1.60. The van der Waals surface area contributed by atoms with E-state index in [2.05, 4.69) is 10.4 Å². The Labute approximate surface area is 150 Å². The Bertz CT molecular complexity index is 886. The molecule has 1 N–H and O–H groups in total. The second kappa shape index (κ2) is 7.91. The van der Waals surface area contributed by atoms with Crippen LogP contribution in [0.1, 0.15) is 17.5 Å².